The molecule has 1 aromatic carbocycles. The maximum absolute atomic E-state index is 5.74. The maximum atomic E-state index is 5.74. The highest BCUT2D eigenvalue weighted by Gasteiger charge is 2.05. The van der Waals surface area contributed by atoms with Crippen LogP contribution in [0.5, 0.6) is 5.75 Å². The van der Waals surface area contributed by atoms with Crippen LogP contribution in [0.15, 0.2) is 55.0 Å². The molecule has 2 aromatic heterocycles. The Hall–Kier alpha value is -2.75. The van der Waals surface area contributed by atoms with Crippen LogP contribution in [0.2, 0.25) is 0 Å². The Labute approximate surface area is 193 Å². The Morgan fingerprint density at radius 3 is 1.94 bits per heavy atom. The van der Waals surface area contributed by atoms with E-state index in [1.165, 1.54) is 56.9 Å². The summed E-state index contributed by atoms with van der Waals surface area (Å²) in [6.45, 7) is 5.19. The molecule has 3 aromatic rings. The lowest BCUT2D eigenvalue weighted by Gasteiger charge is -2.07. The van der Waals surface area contributed by atoms with Crippen LogP contribution in [0.1, 0.15) is 77.2 Å². The van der Waals surface area contributed by atoms with E-state index in [1.807, 2.05) is 6.20 Å². The minimum Gasteiger partial charge on any atom is -0.490 e. The van der Waals surface area contributed by atoms with E-state index in [9.17, 15) is 0 Å². The first kappa shape index (κ1) is 23.9. The molecular weight excluding hydrogens is 394 g/mol. The van der Waals surface area contributed by atoms with Crippen molar-refractivity contribution in [1.29, 1.82) is 0 Å². The molecule has 0 spiro atoms. The van der Waals surface area contributed by atoms with Crippen molar-refractivity contribution in [3.05, 3.63) is 60.6 Å². The lowest BCUT2D eigenvalue weighted by molar-refractivity contribution is 0.303. The van der Waals surface area contributed by atoms with Crippen LogP contribution >= 0.6 is 0 Å². The molecule has 0 aliphatic carbocycles. The average molecular weight is 432 g/mol. The molecule has 0 saturated heterocycles. The third kappa shape index (κ3) is 7.74. The summed E-state index contributed by atoms with van der Waals surface area (Å²) in [7, 11) is 0. The number of nitrogens with zero attached hydrogens (tertiary/aromatic N) is 3. The highest BCUT2D eigenvalue weighted by atomic mass is 16.5. The molecule has 3 rings (SSSR count). The molecule has 2 heterocycles. The third-order valence-electron chi connectivity index (χ3n) is 5.73. The summed E-state index contributed by atoms with van der Waals surface area (Å²) in [6, 6.07) is 12.6. The molecule has 0 saturated carbocycles. The number of benzene rings is 1. The Balaban J connectivity index is 1.51. The second-order valence-corrected chi connectivity index (χ2v) is 8.44. The van der Waals surface area contributed by atoms with Gasteiger partial charge in [0.1, 0.15) is 0 Å². The van der Waals surface area contributed by atoms with Gasteiger partial charge in [0, 0.05) is 17.3 Å². The SMILES string of the molecule is CCCCCCCc1ccc(-c2ccc(-c3ncc(OCCCCCC)cn3)cc2)nc1. The molecule has 0 aliphatic heterocycles. The minimum absolute atomic E-state index is 0.710. The van der Waals surface area contributed by atoms with Crippen molar-refractivity contribution in [3.63, 3.8) is 0 Å². The smallest absolute Gasteiger partial charge is 0.159 e. The van der Waals surface area contributed by atoms with Gasteiger partial charge in [-0.2, -0.15) is 0 Å². The first-order valence-corrected chi connectivity index (χ1v) is 12.3. The second kappa shape index (κ2) is 13.6. The van der Waals surface area contributed by atoms with Crippen molar-refractivity contribution in [2.45, 2.75) is 78.1 Å². The van der Waals surface area contributed by atoms with E-state index in [1.54, 1.807) is 12.4 Å². The zero-order valence-electron chi connectivity index (χ0n) is 19.7. The summed E-state index contributed by atoms with van der Waals surface area (Å²) in [5, 5.41) is 0. The predicted octanol–water partition coefficient (Wildman–Crippen LogP) is 7.68. The zero-order chi connectivity index (χ0) is 22.4. The number of ether oxygens (including phenoxy) is 1. The van der Waals surface area contributed by atoms with E-state index >= 15 is 0 Å². The van der Waals surface area contributed by atoms with Crippen LogP contribution in [0.4, 0.5) is 0 Å². The van der Waals surface area contributed by atoms with Gasteiger partial charge in [-0.15, -0.1) is 0 Å². The molecule has 0 aliphatic rings. The van der Waals surface area contributed by atoms with E-state index < -0.39 is 0 Å². The van der Waals surface area contributed by atoms with Gasteiger partial charge >= 0.3 is 0 Å². The standard InChI is InChI=1S/C28H37N3O/c1-3-5-7-9-10-12-23-13-18-27(29-20-23)24-14-16-25(17-15-24)28-30-21-26(22-31-28)32-19-11-8-6-4-2/h13-18,20-22H,3-12,19H2,1-2H3. The summed E-state index contributed by atoms with van der Waals surface area (Å²) in [5.74, 6) is 1.44. The Morgan fingerprint density at radius 1 is 0.625 bits per heavy atom. The van der Waals surface area contributed by atoms with Crippen molar-refractivity contribution in [3.8, 4) is 28.4 Å². The molecule has 4 nitrogen and oxygen atoms in total. The van der Waals surface area contributed by atoms with Crippen molar-refractivity contribution in [1.82, 2.24) is 15.0 Å². The number of hydrogen-bond acceptors (Lipinski definition) is 4. The number of hydrogen-bond donors (Lipinski definition) is 0. The van der Waals surface area contributed by atoms with Gasteiger partial charge in [-0.3, -0.25) is 4.98 Å². The molecular formula is C28H37N3O. The molecule has 0 fully saturated rings. The Bertz CT molecular complexity index is 813. The third-order valence-corrected chi connectivity index (χ3v) is 5.73. The zero-order valence-corrected chi connectivity index (χ0v) is 19.7. The molecule has 0 bridgehead atoms. The van der Waals surface area contributed by atoms with Crippen molar-refractivity contribution >= 4 is 0 Å². The van der Waals surface area contributed by atoms with Crippen LogP contribution in [0.25, 0.3) is 22.6 Å². The molecule has 0 unspecified atom stereocenters. The van der Waals surface area contributed by atoms with Gasteiger partial charge in [0.2, 0.25) is 0 Å². The lowest BCUT2D eigenvalue weighted by Crippen LogP contribution is -1.99. The molecule has 170 valence electrons. The minimum atomic E-state index is 0.710. The second-order valence-electron chi connectivity index (χ2n) is 8.44. The van der Waals surface area contributed by atoms with Crippen LogP contribution in [0.3, 0.4) is 0 Å². The van der Waals surface area contributed by atoms with Gasteiger partial charge in [-0.05, 0) is 30.9 Å². The van der Waals surface area contributed by atoms with Gasteiger partial charge in [-0.25, -0.2) is 9.97 Å². The number of unbranched alkanes of at least 4 members (excludes halogenated alkanes) is 7. The highest BCUT2D eigenvalue weighted by molar-refractivity contribution is 5.65. The quantitative estimate of drug-likeness (QED) is 0.246. The van der Waals surface area contributed by atoms with Gasteiger partial charge in [0.25, 0.3) is 0 Å². The van der Waals surface area contributed by atoms with Crippen LogP contribution in [-0.4, -0.2) is 21.6 Å². The number of aromatic nitrogens is 3. The first-order valence-electron chi connectivity index (χ1n) is 12.3. The number of pyridine rings is 1. The summed E-state index contributed by atoms with van der Waals surface area (Å²) >= 11 is 0. The fraction of sp³-hybridized carbons (Fsp3) is 0.464. The monoisotopic (exact) mass is 431 g/mol. The largest absolute Gasteiger partial charge is 0.490 e. The summed E-state index contributed by atoms with van der Waals surface area (Å²) < 4.78 is 5.74. The van der Waals surface area contributed by atoms with Crippen LogP contribution < -0.4 is 4.74 Å². The van der Waals surface area contributed by atoms with Crippen molar-refractivity contribution < 1.29 is 4.74 Å². The van der Waals surface area contributed by atoms with E-state index in [-0.39, 0.29) is 0 Å². The summed E-state index contributed by atoms with van der Waals surface area (Å²) in [4.78, 5) is 13.6. The molecule has 0 amide bonds. The van der Waals surface area contributed by atoms with Gasteiger partial charge < -0.3 is 4.74 Å². The normalized spacial score (nSPS) is 10.9. The lowest BCUT2D eigenvalue weighted by atomic mass is 10.0. The van der Waals surface area contributed by atoms with E-state index in [0.717, 1.165) is 42.0 Å². The van der Waals surface area contributed by atoms with E-state index in [0.29, 0.717) is 5.82 Å². The highest BCUT2D eigenvalue weighted by Crippen LogP contribution is 2.23. The molecule has 4 heteroatoms. The maximum Gasteiger partial charge on any atom is 0.159 e. The number of aryl methyl sites for hydroxylation is 1. The first-order chi connectivity index (χ1) is 15.8. The molecule has 0 atom stereocenters. The average Bonchev–Trinajstić information content (AvgIpc) is 2.85. The van der Waals surface area contributed by atoms with Crippen LogP contribution in [-0.2, 0) is 6.42 Å². The fourth-order valence-electron chi connectivity index (χ4n) is 3.72. The topological polar surface area (TPSA) is 47.9 Å². The molecule has 32 heavy (non-hydrogen) atoms. The molecule has 0 N–H and O–H groups in total. The van der Waals surface area contributed by atoms with Crippen molar-refractivity contribution in [2.24, 2.45) is 0 Å². The Morgan fingerprint density at radius 2 is 1.28 bits per heavy atom. The predicted molar refractivity (Wildman–Crippen MR) is 133 cm³/mol. The van der Waals surface area contributed by atoms with E-state index in [2.05, 4.69) is 65.2 Å². The van der Waals surface area contributed by atoms with Gasteiger partial charge in [0.05, 0.1) is 24.7 Å². The molecule has 0 radical (unpaired) electrons. The van der Waals surface area contributed by atoms with Crippen LogP contribution in [0, 0.1) is 0 Å². The summed E-state index contributed by atoms with van der Waals surface area (Å²) in [6.07, 6.45) is 18.0. The van der Waals surface area contributed by atoms with Gasteiger partial charge in [0.15, 0.2) is 11.6 Å². The Kier molecular flexibility index (Phi) is 10.2. The fourth-order valence-corrected chi connectivity index (χ4v) is 3.72. The van der Waals surface area contributed by atoms with Gasteiger partial charge in [-0.1, -0.05) is 89.1 Å². The van der Waals surface area contributed by atoms with E-state index in [4.69, 9.17) is 4.74 Å². The van der Waals surface area contributed by atoms with Crippen molar-refractivity contribution in [2.75, 3.05) is 6.61 Å². The number of rotatable bonds is 14. The summed E-state index contributed by atoms with van der Waals surface area (Å²) in [5.41, 5.74) is 4.42.